The van der Waals surface area contributed by atoms with E-state index < -0.39 is 25.1 Å². The fourth-order valence-electron chi connectivity index (χ4n) is 3.82. The molecule has 0 aliphatic carbocycles. The summed E-state index contributed by atoms with van der Waals surface area (Å²) in [7, 11) is -6.64. The SMILES string of the molecule is Cl.O=S1(=O)CCC(S(=O)(=O)N2CCN(CC3CCCNC3)CC2)C1. The highest BCUT2D eigenvalue weighted by Gasteiger charge is 2.41. The molecular formula is C14H28ClN3O4S2. The van der Waals surface area contributed by atoms with Gasteiger partial charge in [-0.25, -0.2) is 16.8 Å². The normalized spacial score (nSPS) is 32.3. The van der Waals surface area contributed by atoms with Gasteiger partial charge in [0.05, 0.1) is 16.8 Å². The number of piperidine rings is 1. The van der Waals surface area contributed by atoms with E-state index in [1.807, 2.05) is 0 Å². The molecule has 7 nitrogen and oxygen atoms in total. The highest BCUT2D eigenvalue weighted by molar-refractivity contribution is 7.95. The van der Waals surface area contributed by atoms with Crippen molar-refractivity contribution < 1.29 is 16.8 Å². The van der Waals surface area contributed by atoms with Crippen molar-refractivity contribution in [3.05, 3.63) is 0 Å². The lowest BCUT2D eigenvalue weighted by Gasteiger charge is -2.37. The Balaban J connectivity index is 0.00000208. The van der Waals surface area contributed by atoms with Gasteiger partial charge >= 0.3 is 0 Å². The van der Waals surface area contributed by atoms with Crippen LogP contribution in [-0.4, -0.2) is 88.6 Å². The molecule has 142 valence electrons. The Labute approximate surface area is 151 Å². The summed E-state index contributed by atoms with van der Waals surface area (Å²) in [5.41, 5.74) is 0. The monoisotopic (exact) mass is 401 g/mol. The van der Waals surface area contributed by atoms with Crippen molar-refractivity contribution in [2.45, 2.75) is 24.5 Å². The number of piperazine rings is 1. The standard InChI is InChI=1S/C14H27N3O4S2.ClH/c18-22(19)9-3-14(12-22)23(20,21)17-7-5-16(6-8-17)11-13-2-1-4-15-10-13;/h13-15H,1-12H2;1H. The van der Waals surface area contributed by atoms with Gasteiger partial charge in [-0.1, -0.05) is 0 Å². The molecule has 24 heavy (non-hydrogen) atoms. The average molecular weight is 402 g/mol. The molecule has 3 heterocycles. The van der Waals surface area contributed by atoms with Gasteiger partial charge in [-0.3, -0.25) is 0 Å². The number of rotatable bonds is 4. The van der Waals surface area contributed by atoms with E-state index in [-0.39, 0.29) is 30.3 Å². The highest BCUT2D eigenvalue weighted by Crippen LogP contribution is 2.23. The Morgan fingerprint density at radius 2 is 1.79 bits per heavy atom. The van der Waals surface area contributed by atoms with Crippen molar-refractivity contribution in [1.82, 2.24) is 14.5 Å². The molecule has 3 saturated heterocycles. The molecule has 3 aliphatic rings. The van der Waals surface area contributed by atoms with Crippen LogP contribution in [0.2, 0.25) is 0 Å². The summed E-state index contributed by atoms with van der Waals surface area (Å²) in [6.07, 6.45) is 2.71. The fourth-order valence-corrected chi connectivity index (χ4v) is 8.33. The summed E-state index contributed by atoms with van der Waals surface area (Å²) in [6.45, 7) is 5.65. The van der Waals surface area contributed by atoms with E-state index >= 15 is 0 Å². The second-order valence-electron chi connectivity index (χ2n) is 6.98. The first-order valence-corrected chi connectivity index (χ1v) is 11.8. The Morgan fingerprint density at radius 3 is 2.33 bits per heavy atom. The zero-order valence-electron chi connectivity index (χ0n) is 13.9. The molecule has 0 aromatic rings. The Kier molecular flexibility index (Phi) is 6.94. The molecule has 0 aromatic heterocycles. The first kappa shape index (κ1) is 20.4. The van der Waals surface area contributed by atoms with Crippen LogP contribution in [0.5, 0.6) is 0 Å². The highest BCUT2D eigenvalue weighted by atomic mass is 35.5. The van der Waals surface area contributed by atoms with E-state index in [1.54, 1.807) is 0 Å². The smallest absolute Gasteiger partial charge is 0.218 e. The molecule has 0 bridgehead atoms. The lowest BCUT2D eigenvalue weighted by atomic mass is 9.99. The Hall–Kier alpha value is 0.0700. The summed E-state index contributed by atoms with van der Waals surface area (Å²) in [6, 6.07) is 0. The van der Waals surface area contributed by atoms with Crippen molar-refractivity contribution in [2.75, 3.05) is 57.3 Å². The number of hydrogen-bond acceptors (Lipinski definition) is 6. The van der Waals surface area contributed by atoms with Crippen LogP contribution in [0, 0.1) is 5.92 Å². The lowest BCUT2D eigenvalue weighted by Crippen LogP contribution is -2.52. The van der Waals surface area contributed by atoms with Gasteiger partial charge in [-0.15, -0.1) is 12.4 Å². The molecule has 3 rings (SSSR count). The van der Waals surface area contributed by atoms with Crippen molar-refractivity contribution in [2.24, 2.45) is 5.92 Å². The number of nitrogens with one attached hydrogen (secondary N) is 1. The van der Waals surface area contributed by atoms with E-state index in [1.165, 1.54) is 17.1 Å². The van der Waals surface area contributed by atoms with Crippen LogP contribution in [0.1, 0.15) is 19.3 Å². The predicted molar refractivity (Wildman–Crippen MR) is 96.8 cm³/mol. The predicted octanol–water partition coefficient (Wildman–Crippen LogP) is -0.458. The van der Waals surface area contributed by atoms with Crippen LogP contribution >= 0.6 is 12.4 Å². The minimum absolute atomic E-state index is 0. The maximum atomic E-state index is 12.6. The summed E-state index contributed by atoms with van der Waals surface area (Å²) in [5.74, 6) is 0.460. The quantitative estimate of drug-likeness (QED) is 0.686. The Bertz CT molecular complexity index is 612. The van der Waals surface area contributed by atoms with Crippen LogP contribution in [0.15, 0.2) is 0 Å². The maximum absolute atomic E-state index is 12.6. The molecular weight excluding hydrogens is 374 g/mol. The van der Waals surface area contributed by atoms with Gasteiger partial charge in [0.15, 0.2) is 9.84 Å². The van der Waals surface area contributed by atoms with E-state index in [9.17, 15) is 16.8 Å². The number of sulfonamides is 1. The van der Waals surface area contributed by atoms with Gasteiger partial charge in [0, 0.05) is 32.7 Å². The Morgan fingerprint density at radius 1 is 1.08 bits per heavy atom. The number of hydrogen-bond donors (Lipinski definition) is 1. The molecule has 0 spiro atoms. The number of nitrogens with zero attached hydrogens (tertiary/aromatic N) is 2. The van der Waals surface area contributed by atoms with Crippen LogP contribution in [0.3, 0.4) is 0 Å². The summed E-state index contributed by atoms with van der Waals surface area (Å²) in [4.78, 5) is 2.34. The number of halogens is 1. The lowest BCUT2D eigenvalue weighted by molar-refractivity contribution is 0.153. The summed E-state index contributed by atoms with van der Waals surface area (Å²) in [5, 5.41) is 2.68. The largest absolute Gasteiger partial charge is 0.316 e. The van der Waals surface area contributed by atoms with Crippen LogP contribution < -0.4 is 5.32 Å². The molecule has 3 fully saturated rings. The molecule has 2 unspecified atom stereocenters. The van der Waals surface area contributed by atoms with E-state index in [2.05, 4.69) is 10.2 Å². The third kappa shape index (κ3) is 4.82. The first-order chi connectivity index (χ1) is 10.9. The van der Waals surface area contributed by atoms with Gasteiger partial charge in [0.2, 0.25) is 10.0 Å². The van der Waals surface area contributed by atoms with Gasteiger partial charge in [-0.2, -0.15) is 4.31 Å². The molecule has 0 saturated carbocycles. The third-order valence-corrected chi connectivity index (χ3v) is 9.53. The average Bonchev–Trinajstić information content (AvgIpc) is 2.90. The summed E-state index contributed by atoms with van der Waals surface area (Å²) >= 11 is 0. The van der Waals surface area contributed by atoms with Gasteiger partial charge in [-0.05, 0) is 38.3 Å². The van der Waals surface area contributed by atoms with Gasteiger partial charge < -0.3 is 10.2 Å². The maximum Gasteiger partial charge on any atom is 0.218 e. The van der Waals surface area contributed by atoms with Gasteiger partial charge in [0.25, 0.3) is 0 Å². The second kappa shape index (κ2) is 8.18. The molecule has 0 radical (unpaired) electrons. The minimum Gasteiger partial charge on any atom is -0.316 e. The molecule has 3 aliphatic heterocycles. The second-order valence-corrected chi connectivity index (χ2v) is 11.4. The van der Waals surface area contributed by atoms with Crippen molar-refractivity contribution in [1.29, 1.82) is 0 Å². The van der Waals surface area contributed by atoms with Crippen LogP contribution in [-0.2, 0) is 19.9 Å². The van der Waals surface area contributed by atoms with Crippen molar-refractivity contribution in [3.63, 3.8) is 0 Å². The van der Waals surface area contributed by atoms with E-state index in [0.29, 0.717) is 19.0 Å². The molecule has 10 heteroatoms. The van der Waals surface area contributed by atoms with E-state index in [0.717, 1.165) is 32.7 Å². The van der Waals surface area contributed by atoms with Crippen LogP contribution in [0.4, 0.5) is 0 Å². The fraction of sp³-hybridized carbons (Fsp3) is 1.00. The minimum atomic E-state index is -3.47. The molecule has 1 N–H and O–H groups in total. The van der Waals surface area contributed by atoms with Gasteiger partial charge in [0.1, 0.15) is 0 Å². The molecule has 2 atom stereocenters. The number of sulfone groups is 1. The first-order valence-electron chi connectivity index (χ1n) is 8.49. The van der Waals surface area contributed by atoms with Crippen LogP contribution in [0.25, 0.3) is 0 Å². The van der Waals surface area contributed by atoms with E-state index in [4.69, 9.17) is 0 Å². The summed E-state index contributed by atoms with van der Waals surface area (Å²) < 4.78 is 49.8. The molecule has 0 aromatic carbocycles. The zero-order valence-corrected chi connectivity index (χ0v) is 16.3. The molecule has 0 amide bonds. The topological polar surface area (TPSA) is 86.8 Å². The third-order valence-electron chi connectivity index (χ3n) is 5.22. The van der Waals surface area contributed by atoms with Crippen molar-refractivity contribution in [3.8, 4) is 0 Å². The zero-order chi connectivity index (χ0) is 16.5. The van der Waals surface area contributed by atoms with Crippen molar-refractivity contribution >= 4 is 32.3 Å².